The number of anilines is 1. The fourth-order valence-corrected chi connectivity index (χ4v) is 2.45. The lowest BCUT2D eigenvalue weighted by Gasteiger charge is -2.10. The molecule has 2 aromatic rings. The molecule has 0 saturated carbocycles. The van der Waals surface area contributed by atoms with Crippen LogP contribution >= 0.6 is 0 Å². The predicted octanol–water partition coefficient (Wildman–Crippen LogP) is 4.84. The normalized spacial score (nSPS) is 11.6. The molecule has 0 saturated heterocycles. The van der Waals surface area contributed by atoms with Crippen LogP contribution in [0.15, 0.2) is 65.7 Å². The van der Waals surface area contributed by atoms with Crippen molar-refractivity contribution >= 4 is 5.69 Å². The van der Waals surface area contributed by atoms with Crippen molar-refractivity contribution in [1.82, 2.24) is 0 Å². The minimum absolute atomic E-state index is 0.421. The van der Waals surface area contributed by atoms with Gasteiger partial charge in [0.05, 0.1) is 0 Å². The van der Waals surface area contributed by atoms with Crippen LogP contribution in [0, 0.1) is 17.8 Å². The van der Waals surface area contributed by atoms with Crippen LogP contribution in [0.3, 0.4) is 0 Å². The zero-order valence-electron chi connectivity index (χ0n) is 13.6. The number of nitrogen functional groups attached to an aromatic ring is 1. The summed E-state index contributed by atoms with van der Waals surface area (Å²) in [6, 6.07) is 18.2. The number of benzene rings is 2. The molecule has 0 aliphatic rings. The van der Waals surface area contributed by atoms with E-state index in [1.165, 1.54) is 16.7 Å². The van der Waals surface area contributed by atoms with Crippen LogP contribution in [0.2, 0.25) is 0 Å². The molecule has 22 heavy (non-hydrogen) atoms. The highest BCUT2D eigenvalue weighted by molar-refractivity contribution is 5.48. The first-order valence-corrected chi connectivity index (χ1v) is 7.67. The van der Waals surface area contributed by atoms with Crippen molar-refractivity contribution < 1.29 is 0 Å². The lowest BCUT2D eigenvalue weighted by atomic mass is 9.94. The summed E-state index contributed by atoms with van der Waals surface area (Å²) in [5.74, 6) is 7.04. The molecule has 0 aliphatic heterocycles. The molecule has 0 spiro atoms. The van der Waals surface area contributed by atoms with Gasteiger partial charge in [0, 0.05) is 16.8 Å². The Labute approximate surface area is 133 Å². The van der Waals surface area contributed by atoms with E-state index in [1.54, 1.807) is 0 Å². The predicted molar refractivity (Wildman–Crippen MR) is 95.4 cm³/mol. The molecule has 1 nitrogen and oxygen atoms in total. The van der Waals surface area contributed by atoms with E-state index in [2.05, 4.69) is 56.9 Å². The first kappa shape index (κ1) is 15.9. The Balaban J connectivity index is 2.26. The van der Waals surface area contributed by atoms with Crippen LogP contribution in [-0.4, -0.2) is 0 Å². The molecule has 112 valence electrons. The second-order valence-corrected chi connectivity index (χ2v) is 5.88. The lowest BCUT2D eigenvalue weighted by molar-refractivity contribution is 0.780. The third kappa shape index (κ3) is 4.53. The van der Waals surface area contributed by atoms with Gasteiger partial charge in [0.15, 0.2) is 0 Å². The Morgan fingerprint density at radius 1 is 1.00 bits per heavy atom. The zero-order chi connectivity index (χ0) is 15.9. The summed E-state index contributed by atoms with van der Waals surface area (Å²) < 4.78 is 0. The van der Waals surface area contributed by atoms with Gasteiger partial charge in [0.1, 0.15) is 0 Å². The van der Waals surface area contributed by atoms with Gasteiger partial charge in [-0.1, -0.05) is 61.6 Å². The van der Waals surface area contributed by atoms with E-state index in [0.29, 0.717) is 5.92 Å². The van der Waals surface area contributed by atoms with E-state index in [0.717, 1.165) is 17.7 Å². The van der Waals surface area contributed by atoms with Crippen molar-refractivity contribution in [2.75, 3.05) is 5.73 Å². The Hall–Kier alpha value is -2.46. The Morgan fingerprint density at radius 2 is 1.64 bits per heavy atom. The smallest absolute Gasteiger partial charge is 0.0314 e. The fraction of sp³-hybridized carbons (Fsp3) is 0.238. The highest BCUT2D eigenvalue weighted by atomic mass is 14.5. The first-order valence-electron chi connectivity index (χ1n) is 7.67. The summed E-state index contributed by atoms with van der Waals surface area (Å²) in [4.78, 5) is 0. The molecular formula is C21H23N. The molecule has 0 amide bonds. The molecule has 0 aromatic heterocycles. The maximum Gasteiger partial charge on any atom is 0.0314 e. The van der Waals surface area contributed by atoms with Gasteiger partial charge in [-0.15, -0.1) is 0 Å². The molecule has 0 bridgehead atoms. The third-order valence-corrected chi connectivity index (χ3v) is 3.60. The summed E-state index contributed by atoms with van der Waals surface area (Å²) in [6.07, 6.45) is 0.949. The van der Waals surface area contributed by atoms with E-state index in [-0.39, 0.29) is 0 Å². The minimum Gasteiger partial charge on any atom is -0.399 e. The van der Waals surface area contributed by atoms with Gasteiger partial charge >= 0.3 is 0 Å². The van der Waals surface area contributed by atoms with Gasteiger partial charge in [-0.2, -0.15) is 0 Å². The largest absolute Gasteiger partial charge is 0.399 e. The van der Waals surface area contributed by atoms with Crippen molar-refractivity contribution in [2.45, 2.75) is 27.2 Å². The van der Waals surface area contributed by atoms with Gasteiger partial charge in [-0.05, 0) is 49.1 Å². The Bertz CT molecular complexity index is 695. The maximum absolute atomic E-state index is 5.71. The second-order valence-electron chi connectivity index (χ2n) is 5.88. The molecule has 1 heteroatoms. The standard InChI is InChI=1S/C21H23N/c1-16(2)21(14-11-18-9-12-20(22)13-10-18)17(3)15-19-7-5-4-6-8-19/h4-10,12-13,16H,15,22H2,1-3H3/b21-17-. The molecule has 2 N–H and O–H groups in total. The molecule has 0 fully saturated rings. The topological polar surface area (TPSA) is 26.0 Å². The Morgan fingerprint density at radius 3 is 2.23 bits per heavy atom. The number of hydrogen-bond acceptors (Lipinski definition) is 1. The van der Waals surface area contributed by atoms with E-state index in [4.69, 9.17) is 5.73 Å². The van der Waals surface area contributed by atoms with Crippen LogP contribution in [0.25, 0.3) is 0 Å². The van der Waals surface area contributed by atoms with Gasteiger partial charge in [-0.3, -0.25) is 0 Å². The van der Waals surface area contributed by atoms with Gasteiger partial charge in [-0.25, -0.2) is 0 Å². The Kier molecular flexibility index (Phi) is 5.44. The van der Waals surface area contributed by atoms with Crippen molar-refractivity contribution in [2.24, 2.45) is 5.92 Å². The van der Waals surface area contributed by atoms with E-state index < -0.39 is 0 Å². The SMILES string of the molecule is C/C(Cc1ccccc1)=C(\C#Cc1ccc(N)cc1)C(C)C. The number of nitrogens with two attached hydrogens (primary N) is 1. The molecule has 0 atom stereocenters. The molecule has 2 rings (SSSR count). The number of hydrogen-bond donors (Lipinski definition) is 1. The molecule has 0 heterocycles. The summed E-state index contributed by atoms with van der Waals surface area (Å²) >= 11 is 0. The van der Waals surface area contributed by atoms with Crippen molar-refractivity contribution in [3.8, 4) is 11.8 Å². The van der Waals surface area contributed by atoms with Crippen molar-refractivity contribution in [3.05, 3.63) is 76.9 Å². The summed E-state index contributed by atoms with van der Waals surface area (Å²) in [6.45, 7) is 6.57. The maximum atomic E-state index is 5.71. The van der Waals surface area contributed by atoms with Crippen LogP contribution < -0.4 is 5.73 Å². The highest BCUT2D eigenvalue weighted by Crippen LogP contribution is 2.18. The molecule has 0 radical (unpaired) electrons. The molecule has 0 unspecified atom stereocenters. The molecular weight excluding hydrogens is 266 g/mol. The fourth-order valence-electron chi connectivity index (χ4n) is 2.45. The average Bonchev–Trinajstić information content (AvgIpc) is 2.50. The van der Waals surface area contributed by atoms with Crippen molar-refractivity contribution in [3.63, 3.8) is 0 Å². The quantitative estimate of drug-likeness (QED) is 0.635. The lowest BCUT2D eigenvalue weighted by Crippen LogP contribution is -1.98. The van der Waals surface area contributed by atoms with Gasteiger partial charge in [0.2, 0.25) is 0 Å². The zero-order valence-corrected chi connectivity index (χ0v) is 13.6. The van der Waals surface area contributed by atoms with Crippen LogP contribution in [0.5, 0.6) is 0 Å². The van der Waals surface area contributed by atoms with Crippen LogP contribution in [0.1, 0.15) is 31.9 Å². The van der Waals surface area contributed by atoms with E-state index in [1.807, 2.05) is 30.3 Å². The van der Waals surface area contributed by atoms with Crippen LogP contribution in [-0.2, 0) is 6.42 Å². The molecule has 2 aromatic carbocycles. The van der Waals surface area contributed by atoms with Crippen molar-refractivity contribution in [1.29, 1.82) is 0 Å². The summed E-state index contributed by atoms with van der Waals surface area (Å²) in [5.41, 5.74) is 11.4. The second kappa shape index (κ2) is 7.52. The summed E-state index contributed by atoms with van der Waals surface area (Å²) in [7, 11) is 0. The highest BCUT2D eigenvalue weighted by Gasteiger charge is 2.06. The monoisotopic (exact) mass is 289 g/mol. The van der Waals surface area contributed by atoms with E-state index in [9.17, 15) is 0 Å². The third-order valence-electron chi connectivity index (χ3n) is 3.60. The summed E-state index contributed by atoms with van der Waals surface area (Å²) in [5, 5.41) is 0. The van der Waals surface area contributed by atoms with Gasteiger partial charge < -0.3 is 5.73 Å². The molecule has 0 aliphatic carbocycles. The minimum atomic E-state index is 0.421. The van der Waals surface area contributed by atoms with Crippen LogP contribution in [0.4, 0.5) is 5.69 Å². The first-order chi connectivity index (χ1) is 10.6. The van der Waals surface area contributed by atoms with Gasteiger partial charge in [0.25, 0.3) is 0 Å². The number of rotatable bonds is 3. The van der Waals surface area contributed by atoms with E-state index >= 15 is 0 Å². The average molecular weight is 289 g/mol. The number of allylic oxidation sites excluding steroid dienone is 2.